The molecule has 3 aromatic rings. The van der Waals surface area contributed by atoms with Gasteiger partial charge in [-0.05, 0) is 24.3 Å². The number of nitrogens with zero attached hydrogens (tertiary/aromatic N) is 2. The third-order valence-corrected chi connectivity index (χ3v) is 5.30. The van der Waals surface area contributed by atoms with E-state index in [4.69, 9.17) is 9.47 Å². The molecule has 0 aliphatic carbocycles. The van der Waals surface area contributed by atoms with Gasteiger partial charge in [0.25, 0.3) is 0 Å². The van der Waals surface area contributed by atoms with Gasteiger partial charge in [-0.25, -0.2) is 0 Å². The second-order valence-electron chi connectivity index (χ2n) is 5.60. The Bertz CT molecular complexity index is 914. The van der Waals surface area contributed by atoms with Crippen molar-refractivity contribution in [3.8, 4) is 33.1 Å². The molecular formula is C21H21N3O2S. The van der Waals surface area contributed by atoms with Crippen LogP contribution >= 0.6 is 11.3 Å². The minimum absolute atomic E-state index is 0.660. The Labute approximate surface area is 163 Å². The number of thiophene rings is 1. The lowest BCUT2D eigenvalue weighted by atomic mass is 10.0. The summed E-state index contributed by atoms with van der Waals surface area (Å²) >= 11 is 1.61. The van der Waals surface area contributed by atoms with Gasteiger partial charge in [0.05, 0.1) is 19.1 Å². The fourth-order valence-corrected chi connectivity index (χ4v) is 4.09. The first kappa shape index (κ1) is 18.7. The first-order valence-corrected chi connectivity index (χ1v) is 9.14. The van der Waals surface area contributed by atoms with Crippen LogP contribution in [0.2, 0.25) is 0 Å². The summed E-state index contributed by atoms with van der Waals surface area (Å²) in [5.74, 6) is 2.28. The van der Waals surface area contributed by atoms with Crippen molar-refractivity contribution in [3.05, 3.63) is 59.5 Å². The average Bonchev–Trinajstić information content (AvgIpc) is 3.16. The Morgan fingerprint density at radius 1 is 0.926 bits per heavy atom. The highest BCUT2D eigenvalue weighted by Crippen LogP contribution is 2.45. The molecule has 0 saturated carbocycles. The number of hydrogen-bond acceptors (Lipinski definition) is 5. The summed E-state index contributed by atoms with van der Waals surface area (Å²) < 4.78 is 11.2. The van der Waals surface area contributed by atoms with Gasteiger partial charge in [0, 0.05) is 35.3 Å². The number of methoxy groups -OCH3 is 2. The molecule has 3 rings (SSSR count). The number of benzene rings is 2. The fraction of sp³-hybridized carbons (Fsp3) is 0.143. The van der Waals surface area contributed by atoms with Crippen molar-refractivity contribution in [3.63, 3.8) is 0 Å². The summed E-state index contributed by atoms with van der Waals surface area (Å²) in [4.78, 5) is 6.31. The van der Waals surface area contributed by atoms with Crippen molar-refractivity contribution in [2.75, 3.05) is 21.3 Å². The largest absolute Gasteiger partial charge is 0.496 e. The van der Waals surface area contributed by atoms with Crippen LogP contribution in [0.5, 0.6) is 11.5 Å². The van der Waals surface area contributed by atoms with Gasteiger partial charge in [-0.1, -0.05) is 30.3 Å². The van der Waals surface area contributed by atoms with E-state index in [-0.39, 0.29) is 0 Å². The second kappa shape index (κ2) is 8.51. The minimum atomic E-state index is 0.660. The standard InChI is InChI=1S/C21H21N3O2S/c1-22-21(24-23-2)19-13-16(14-9-5-7-11-17(14)25-3)20(27-19)15-10-6-8-12-18(15)26-4/h5-13H,2H2,1,3-4H3,(H,22,24). The molecule has 1 heterocycles. The molecule has 27 heavy (non-hydrogen) atoms. The maximum absolute atomic E-state index is 5.59. The zero-order valence-electron chi connectivity index (χ0n) is 15.5. The van der Waals surface area contributed by atoms with Crippen LogP contribution in [0, 0.1) is 0 Å². The van der Waals surface area contributed by atoms with Gasteiger partial charge in [-0.15, -0.1) is 11.3 Å². The SMILES string of the molecule is C=NNC(=NC)c1cc(-c2ccccc2OC)c(-c2ccccc2OC)s1. The van der Waals surface area contributed by atoms with Crippen LogP contribution in [0.4, 0.5) is 0 Å². The summed E-state index contributed by atoms with van der Waals surface area (Å²) in [5, 5.41) is 3.76. The molecule has 0 saturated heterocycles. The van der Waals surface area contributed by atoms with Crippen LogP contribution in [0.1, 0.15) is 4.88 Å². The molecule has 0 unspecified atom stereocenters. The number of rotatable bonds is 6. The third-order valence-electron chi connectivity index (χ3n) is 4.12. The Morgan fingerprint density at radius 2 is 1.52 bits per heavy atom. The number of aliphatic imine (C=N–C) groups is 1. The van der Waals surface area contributed by atoms with Crippen molar-refractivity contribution in [1.82, 2.24) is 5.43 Å². The Hall–Kier alpha value is -3.12. The number of para-hydroxylation sites is 2. The van der Waals surface area contributed by atoms with Gasteiger partial charge in [0.15, 0.2) is 5.84 Å². The van der Waals surface area contributed by atoms with E-state index < -0.39 is 0 Å². The molecule has 0 aliphatic heterocycles. The van der Waals surface area contributed by atoms with Crippen LogP contribution in [-0.2, 0) is 0 Å². The summed E-state index contributed by atoms with van der Waals surface area (Å²) in [5.41, 5.74) is 5.92. The van der Waals surface area contributed by atoms with E-state index in [0.717, 1.165) is 37.9 Å². The number of ether oxygens (including phenoxy) is 2. The maximum atomic E-state index is 5.59. The van der Waals surface area contributed by atoms with E-state index in [0.29, 0.717) is 5.84 Å². The monoisotopic (exact) mass is 379 g/mol. The molecule has 2 aromatic carbocycles. The van der Waals surface area contributed by atoms with Crippen molar-refractivity contribution in [2.24, 2.45) is 10.1 Å². The minimum Gasteiger partial charge on any atom is -0.496 e. The Morgan fingerprint density at radius 3 is 2.11 bits per heavy atom. The molecule has 0 aliphatic rings. The van der Waals surface area contributed by atoms with E-state index in [1.165, 1.54) is 0 Å². The van der Waals surface area contributed by atoms with Gasteiger partial charge >= 0.3 is 0 Å². The molecule has 0 amide bonds. The van der Waals surface area contributed by atoms with Gasteiger partial charge in [0.2, 0.25) is 0 Å². The molecule has 0 fully saturated rings. The molecule has 0 bridgehead atoms. The zero-order valence-corrected chi connectivity index (χ0v) is 16.3. The van der Waals surface area contributed by atoms with Crippen LogP contribution in [0.15, 0.2) is 64.7 Å². The number of nitrogens with one attached hydrogen (secondary N) is 1. The molecule has 0 atom stereocenters. The first-order valence-electron chi connectivity index (χ1n) is 8.33. The smallest absolute Gasteiger partial charge is 0.158 e. The topological polar surface area (TPSA) is 55.2 Å². The third kappa shape index (κ3) is 3.71. The van der Waals surface area contributed by atoms with E-state index in [1.54, 1.807) is 32.6 Å². The number of hydrazone groups is 1. The lowest BCUT2D eigenvalue weighted by Gasteiger charge is -2.11. The van der Waals surface area contributed by atoms with Crippen LogP contribution in [0.3, 0.4) is 0 Å². The van der Waals surface area contributed by atoms with E-state index in [1.807, 2.05) is 42.5 Å². The molecule has 5 nitrogen and oxygen atoms in total. The quantitative estimate of drug-likeness (QED) is 0.384. The number of hydrogen-bond donors (Lipinski definition) is 1. The normalized spacial score (nSPS) is 11.1. The predicted octanol–water partition coefficient (Wildman–Crippen LogP) is 4.68. The molecule has 0 spiro atoms. The average molecular weight is 379 g/mol. The molecular weight excluding hydrogens is 358 g/mol. The summed E-state index contributed by atoms with van der Waals surface area (Å²) in [6, 6.07) is 18.0. The second-order valence-corrected chi connectivity index (χ2v) is 6.65. The molecule has 6 heteroatoms. The molecule has 138 valence electrons. The van der Waals surface area contributed by atoms with Gasteiger partial charge in [-0.3, -0.25) is 10.4 Å². The molecule has 1 aromatic heterocycles. The van der Waals surface area contributed by atoms with Crippen LogP contribution < -0.4 is 14.9 Å². The highest BCUT2D eigenvalue weighted by molar-refractivity contribution is 7.18. The lowest BCUT2D eigenvalue weighted by Crippen LogP contribution is -2.16. The Balaban J connectivity index is 2.27. The number of amidine groups is 1. The van der Waals surface area contributed by atoms with E-state index >= 15 is 0 Å². The van der Waals surface area contributed by atoms with E-state index in [9.17, 15) is 0 Å². The van der Waals surface area contributed by atoms with Crippen molar-refractivity contribution < 1.29 is 9.47 Å². The highest BCUT2D eigenvalue weighted by Gasteiger charge is 2.20. The summed E-state index contributed by atoms with van der Waals surface area (Å²) in [7, 11) is 5.08. The van der Waals surface area contributed by atoms with Gasteiger partial charge in [0.1, 0.15) is 11.5 Å². The summed E-state index contributed by atoms with van der Waals surface area (Å²) in [6.45, 7) is 3.50. The van der Waals surface area contributed by atoms with Crippen molar-refractivity contribution in [2.45, 2.75) is 0 Å². The predicted molar refractivity (Wildman–Crippen MR) is 113 cm³/mol. The Kier molecular flexibility index (Phi) is 5.88. The highest BCUT2D eigenvalue weighted by atomic mass is 32.1. The van der Waals surface area contributed by atoms with Crippen molar-refractivity contribution in [1.29, 1.82) is 0 Å². The van der Waals surface area contributed by atoms with Crippen molar-refractivity contribution >= 4 is 23.9 Å². The van der Waals surface area contributed by atoms with Gasteiger partial charge in [-0.2, -0.15) is 5.10 Å². The van der Waals surface area contributed by atoms with Crippen LogP contribution in [-0.4, -0.2) is 33.8 Å². The van der Waals surface area contributed by atoms with Crippen LogP contribution in [0.25, 0.3) is 21.6 Å². The molecule has 0 radical (unpaired) electrons. The molecule has 1 N–H and O–H groups in total. The maximum Gasteiger partial charge on any atom is 0.158 e. The fourth-order valence-electron chi connectivity index (χ4n) is 2.90. The summed E-state index contributed by atoms with van der Waals surface area (Å²) in [6.07, 6.45) is 0. The zero-order chi connectivity index (χ0) is 19.2. The first-order chi connectivity index (χ1) is 13.2. The van der Waals surface area contributed by atoms with Gasteiger partial charge < -0.3 is 9.47 Å². The van der Waals surface area contributed by atoms with E-state index in [2.05, 4.69) is 34.4 Å². The lowest BCUT2D eigenvalue weighted by molar-refractivity contribution is 0.416.